The van der Waals surface area contributed by atoms with Crippen molar-refractivity contribution >= 4 is 17.4 Å². The zero-order chi connectivity index (χ0) is 11.0. The molecule has 1 aliphatic rings. The molecule has 0 saturated carbocycles. The molecule has 0 fully saturated rings. The molecule has 5 heteroatoms. The third-order valence-corrected chi connectivity index (χ3v) is 2.34. The number of aliphatic hydroxyl groups is 1. The average Bonchev–Trinajstić information content (AvgIpc) is 2.46. The molecule has 1 atom stereocenters. The van der Waals surface area contributed by atoms with Gasteiger partial charge in [-0.1, -0.05) is 23.7 Å². The highest BCUT2D eigenvalue weighted by Gasteiger charge is 2.35. The molecule has 1 aromatic rings. The first-order valence-corrected chi connectivity index (χ1v) is 4.62. The van der Waals surface area contributed by atoms with Gasteiger partial charge in [-0.05, 0) is 12.1 Å². The number of rotatable bonds is 1. The van der Waals surface area contributed by atoms with Gasteiger partial charge in [0.05, 0.1) is 0 Å². The van der Waals surface area contributed by atoms with Crippen molar-refractivity contribution in [1.82, 2.24) is 0 Å². The number of Topliss-reactive ketones (excluding diaryl/α,β-unsaturated/α-hetero) is 1. The molecule has 1 unspecified atom stereocenters. The topological polar surface area (TPSA) is 72.5 Å². The Balaban J connectivity index is 2.33. The maximum atomic E-state index is 11.5. The van der Waals surface area contributed by atoms with E-state index < -0.39 is 17.6 Å². The van der Waals surface area contributed by atoms with E-state index >= 15 is 0 Å². The molecule has 4 nitrogen and oxygen atoms in total. The minimum Gasteiger partial charge on any atom is -0.501 e. The Morgan fingerprint density at radius 2 is 2.20 bits per heavy atom. The van der Waals surface area contributed by atoms with E-state index in [0.717, 1.165) is 0 Å². The number of carbonyl (C=O) groups excluding carboxylic acids is 1. The molecule has 0 radical (unpaired) electrons. The quantitative estimate of drug-likeness (QED) is 0.763. The third-order valence-electron chi connectivity index (χ3n) is 2.10. The second-order valence-corrected chi connectivity index (χ2v) is 3.57. The first-order chi connectivity index (χ1) is 7.09. The lowest BCUT2D eigenvalue weighted by Gasteiger charge is -2.09. The molecular weight excluding hydrogens is 218 g/mol. The summed E-state index contributed by atoms with van der Waals surface area (Å²) in [5.41, 5.74) is 5.86. The van der Waals surface area contributed by atoms with Crippen LogP contribution in [0.15, 0.2) is 35.9 Å². The number of benzene rings is 1. The van der Waals surface area contributed by atoms with Gasteiger partial charge >= 0.3 is 0 Å². The van der Waals surface area contributed by atoms with E-state index in [9.17, 15) is 9.90 Å². The fourth-order valence-corrected chi connectivity index (χ4v) is 1.57. The first kappa shape index (κ1) is 9.86. The smallest absolute Gasteiger partial charge is 0.247 e. The molecule has 0 spiro atoms. The minimum absolute atomic E-state index is 0.245. The molecule has 1 heterocycles. The van der Waals surface area contributed by atoms with Crippen LogP contribution in [0.4, 0.5) is 0 Å². The standard InChI is InChI=1S/C10H8ClNO3/c11-6-3-1-2-5(4-6)9-7(13)8(14)10(12)15-9/h1-4,9,14H,12H2. The van der Waals surface area contributed by atoms with Crippen LogP contribution in [0.3, 0.4) is 0 Å². The van der Waals surface area contributed by atoms with Crippen molar-refractivity contribution in [2.75, 3.05) is 0 Å². The summed E-state index contributed by atoms with van der Waals surface area (Å²) in [5, 5.41) is 9.71. The molecular formula is C10H8ClNO3. The summed E-state index contributed by atoms with van der Waals surface area (Å²) in [6, 6.07) is 6.65. The van der Waals surface area contributed by atoms with Crippen LogP contribution in [0.25, 0.3) is 0 Å². The monoisotopic (exact) mass is 225 g/mol. The molecule has 0 aliphatic carbocycles. The predicted octanol–water partition coefficient (Wildman–Crippen LogP) is 1.67. The SMILES string of the molecule is NC1=C(O)C(=O)C(c2cccc(Cl)c2)O1. The normalized spacial score (nSPS) is 20.6. The highest BCUT2D eigenvalue weighted by atomic mass is 35.5. The van der Waals surface area contributed by atoms with Crippen molar-refractivity contribution in [3.63, 3.8) is 0 Å². The molecule has 0 saturated heterocycles. The highest BCUT2D eigenvalue weighted by Crippen LogP contribution is 2.30. The van der Waals surface area contributed by atoms with Gasteiger partial charge in [-0.2, -0.15) is 0 Å². The Kier molecular flexibility index (Phi) is 2.28. The van der Waals surface area contributed by atoms with Gasteiger partial charge in [-0.3, -0.25) is 4.79 Å². The van der Waals surface area contributed by atoms with Crippen LogP contribution >= 0.6 is 11.6 Å². The lowest BCUT2D eigenvalue weighted by Crippen LogP contribution is -2.09. The van der Waals surface area contributed by atoms with Crippen molar-refractivity contribution in [3.8, 4) is 0 Å². The Bertz CT molecular complexity index is 456. The molecule has 2 rings (SSSR count). The van der Waals surface area contributed by atoms with Gasteiger partial charge in [0.15, 0.2) is 6.10 Å². The summed E-state index contributed by atoms with van der Waals surface area (Å²) < 4.78 is 5.03. The van der Waals surface area contributed by atoms with Gasteiger partial charge in [0, 0.05) is 10.6 Å². The van der Waals surface area contributed by atoms with Crippen LogP contribution in [0.1, 0.15) is 11.7 Å². The Labute approximate surface area is 90.9 Å². The summed E-state index contributed by atoms with van der Waals surface area (Å²) in [6.45, 7) is 0. The predicted molar refractivity (Wildman–Crippen MR) is 54.1 cm³/mol. The van der Waals surface area contributed by atoms with Crippen LogP contribution < -0.4 is 5.73 Å². The molecule has 0 amide bonds. The van der Waals surface area contributed by atoms with E-state index in [1.54, 1.807) is 24.3 Å². The van der Waals surface area contributed by atoms with E-state index in [-0.39, 0.29) is 5.88 Å². The second kappa shape index (κ2) is 3.47. The maximum absolute atomic E-state index is 11.5. The minimum atomic E-state index is -0.885. The molecule has 15 heavy (non-hydrogen) atoms. The van der Waals surface area contributed by atoms with Crippen LogP contribution in [-0.2, 0) is 9.53 Å². The van der Waals surface area contributed by atoms with E-state index in [4.69, 9.17) is 22.1 Å². The van der Waals surface area contributed by atoms with E-state index in [2.05, 4.69) is 0 Å². The summed E-state index contributed by atoms with van der Waals surface area (Å²) >= 11 is 5.77. The van der Waals surface area contributed by atoms with Crippen LogP contribution in [0, 0.1) is 0 Å². The fraction of sp³-hybridized carbons (Fsp3) is 0.100. The van der Waals surface area contributed by atoms with Gasteiger partial charge in [0.2, 0.25) is 17.4 Å². The Morgan fingerprint density at radius 1 is 1.47 bits per heavy atom. The molecule has 3 N–H and O–H groups in total. The number of nitrogens with two attached hydrogens (primary N) is 1. The Hall–Kier alpha value is -1.68. The van der Waals surface area contributed by atoms with Crippen molar-refractivity contribution in [1.29, 1.82) is 0 Å². The summed E-state index contributed by atoms with van der Waals surface area (Å²) in [5.74, 6) is -1.32. The number of aliphatic hydroxyl groups excluding tert-OH is 1. The number of hydrogen-bond donors (Lipinski definition) is 2. The number of halogens is 1. The average molecular weight is 226 g/mol. The van der Waals surface area contributed by atoms with Crippen LogP contribution in [-0.4, -0.2) is 10.9 Å². The first-order valence-electron chi connectivity index (χ1n) is 4.24. The largest absolute Gasteiger partial charge is 0.501 e. The maximum Gasteiger partial charge on any atom is 0.247 e. The van der Waals surface area contributed by atoms with Crippen LogP contribution in [0.2, 0.25) is 5.02 Å². The van der Waals surface area contributed by atoms with E-state index in [1.165, 1.54) is 0 Å². The van der Waals surface area contributed by atoms with Crippen LogP contribution in [0.5, 0.6) is 0 Å². The summed E-state index contributed by atoms with van der Waals surface area (Å²) in [4.78, 5) is 11.5. The van der Waals surface area contributed by atoms with Crippen molar-refractivity contribution in [2.45, 2.75) is 6.10 Å². The zero-order valence-electron chi connectivity index (χ0n) is 7.61. The van der Waals surface area contributed by atoms with Gasteiger partial charge in [-0.15, -0.1) is 0 Å². The lowest BCUT2D eigenvalue weighted by molar-refractivity contribution is -0.123. The molecule has 0 aromatic heterocycles. The lowest BCUT2D eigenvalue weighted by atomic mass is 10.1. The molecule has 1 aliphatic heterocycles. The molecule has 78 valence electrons. The van der Waals surface area contributed by atoms with Gasteiger partial charge in [0.25, 0.3) is 0 Å². The van der Waals surface area contributed by atoms with Crippen molar-refractivity contribution < 1.29 is 14.6 Å². The highest BCUT2D eigenvalue weighted by molar-refractivity contribution is 6.30. The summed E-state index contributed by atoms with van der Waals surface area (Å²) in [6.07, 6.45) is -0.885. The van der Waals surface area contributed by atoms with Gasteiger partial charge in [0.1, 0.15) is 0 Å². The fourth-order valence-electron chi connectivity index (χ4n) is 1.37. The Morgan fingerprint density at radius 3 is 2.73 bits per heavy atom. The molecule has 0 bridgehead atoms. The van der Waals surface area contributed by atoms with E-state index in [0.29, 0.717) is 10.6 Å². The zero-order valence-corrected chi connectivity index (χ0v) is 8.36. The number of ketones is 1. The number of carbonyl (C=O) groups is 1. The van der Waals surface area contributed by atoms with Crippen molar-refractivity contribution in [3.05, 3.63) is 46.5 Å². The van der Waals surface area contributed by atoms with E-state index in [1.807, 2.05) is 0 Å². The third kappa shape index (κ3) is 1.64. The van der Waals surface area contributed by atoms with Crippen molar-refractivity contribution in [2.24, 2.45) is 5.73 Å². The van der Waals surface area contributed by atoms with Gasteiger partial charge < -0.3 is 15.6 Å². The number of ether oxygens (including phenoxy) is 1. The molecule has 1 aromatic carbocycles. The number of hydrogen-bond acceptors (Lipinski definition) is 4. The van der Waals surface area contributed by atoms with Gasteiger partial charge in [-0.25, -0.2) is 0 Å². The second-order valence-electron chi connectivity index (χ2n) is 3.13. The summed E-state index contributed by atoms with van der Waals surface area (Å²) in [7, 11) is 0.